The molecule has 0 fully saturated rings. The third-order valence-electron chi connectivity index (χ3n) is 3.80. The van der Waals surface area contributed by atoms with Crippen LogP contribution in [0.1, 0.15) is 19.4 Å². The summed E-state index contributed by atoms with van der Waals surface area (Å²) in [7, 11) is 3.27. The highest BCUT2D eigenvalue weighted by Crippen LogP contribution is 2.05. The van der Waals surface area contributed by atoms with E-state index in [1.165, 1.54) is 4.90 Å². The van der Waals surface area contributed by atoms with Gasteiger partial charge in [0, 0.05) is 20.5 Å². The van der Waals surface area contributed by atoms with Crippen LogP contribution in [0.25, 0.3) is 0 Å². The van der Waals surface area contributed by atoms with Gasteiger partial charge in [-0.25, -0.2) is 0 Å². The molecule has 1 rings (SSSR count). The van der Waals surface area contributed by atoms with Gasteiger partial charge in [-0.3, -0.25) is 14.4 Å². The molecule has 25 heavy (non-hydrogen) atoms. The van der Waals surface area contributed by atoms with Crippen molar-refractivity contribution in [3.63, 3.8) is 0 Å². The van der Waals surface area contributed by atoms with E-state index in [0.29, 0.717) is 6.42 Å². The fraction of sp³-hybridized carbons (Fsp3) is 0.500. The van der Waals surface area contributed by atoms with E-state index in [2.05, 4.69) is 10.6 Å². The maximum Gasteiger partial charge on any atom is 0.244 e. The Bertz CT molecular complexity index is 587. The second-order valence-electron chi connectivity index (χ2n) is 6.53. The van der Waals surface area contributed by atoms with Gasteiger partial charge in [0.15, 0.2) is 0 Å². The molecule has 0 heterocycles. The van der Waals surface area contributed by atoms with Crippen molar-refractivity contribution in [3.05, 3.63) is 35.9 Å². The zero-order valence-corrected chi connectivity index (χ0v) is 15.3. The molecule has 0 aliphatic heterocycles. The SMILES string of the molecule is CC(C)[C@H](N)C(=O)NCC(=O)NC(Cc1ccccc1)C(=O)N(C)C. The van der Waals surface area contributed by atoms with Crippen molar-refractivity contribution in [2.45, 2.75) is 32.4 Å². The van der Waals surface area contributed by atoms with Crippen LogP contribution in [0.15, 0.2) is 30.3 Å². The Morgan fingerprint density at radius 2 is 1.72 bits per heavy atom. The lowest BCUT2D eigenvalue weighted by atomic mass is 10.0. The van der Waals surface area contributed by atoms with Gasteiger partial charge in [-0.15, -0.1) is 0 Å². The fourth-order valence-electron chi connectivity index (χ4n) is 2.19. The molecule has 138 valence electrons. The van der Waals surface area contributed by atoms with Crippen LogP contribution in [-0.4, -0.2) is 55.3 Å². The van der Waals surface area contributed by atoms with Crippen LogP contribution < -0.4 is 16.4 Å². The van der Waals surface area contributed by atoms with Gasteiger partial charge in [0.1, 0.15) is 6.04 Å². The number of nitrogens with one attached hydrogen (secondary N) is 2. The van der Waals surface area contributed by atoms with Gasteiger partial charge in [0.2, 0.25) is 17.7 Å². The predicted molar refractivity (Wildman–Crippen MR) is 96.6 cm³/mol. The van der Waals surface area contributed by atoms with Crippen molar-refractivity contribution >= 4 is 17.7 Å². The van der Waals surface area contributed by atoms with Crippen LogP contribution in [0.2, 0.25) is 0 Å². The summed E-state index contributed by atoms with van der Waals surface area (Å²) in [5, 5.41) is 5.18. The minimum absolute atomic E-state index is 0.0239. The fourth-order valence-corrected chi connectivity index (χ4v) is 2.19. The Kier molecular flexibility index (Phi) is 8.07. The molecule has 0 bridgehead atoms. The molecule has 0 spiro atoms. The minimum atomic E-state index is -0.694. The topological polar surface area (TPSA) is 105 Å². The first-order valence-corrected chi connectivity index (χ1v) is 8.30. The average Bonchev–Trinajstić information content (AvgIpc) is 2.58. The Morgan fingerprint density at radius 1 is 1.12 bits per heavy atom. The molecule has 1 unspecified atom stereocenters. The van der Waals surface area contributed by atoms with Gasteiger partial charge in [-0.1, -0.05) is 44.2 Å². The van der Waals surface area contributed by atoms with E-state index in [4.69, 9.17) is 5.73 Å². The number of benzene rings is 1. The predicted octanol–water partition coefficient (Wildman–Crippen LogP) is -0.0984. The van der Waals surface area contributed by atoms with Crippen molar-refractivity contribution in [2.75, 3.05) is 20.6 Å². The van der Waals surface area contributed by atoms with E-state index in [-0.39, 0.29) is 24.3 Å². The summed E-state index contributed by atoms with van der Waals surface area (Å²) >= 11 is 0. The molecule has 0 saturated heterocycles. The summed E-state index contributed by atoms with van der Waals surface area (Å²) in [6, 6.07) is 8.07. The average molecular weight is 348 g/mol. The number of hydrogen-bond acceptors (Lipinski definition) is 4. The van der Waals surface area contributed by atoms with E-state index >= 15 is 0 Å². The van der Waals surface area contributed by atoms with Crippen LogP contribution in [-0.2, 0) is 20.8 Å². The summed E-state index contributed by atoms with van der Waals surface area (Å²) in [5.41, 5.74) is 6.67. The zero-order valence-electron chi connectivity index (χ0n) is 15.3. The van der Waals surface area contributed by atoms with Crippen molar-refractivity contribution in [3.8, 4) is 0 Å². The molecule has 7 heteroatoms. The quantitative estimate of drug-likeness (QED) is 0.610. The Morgan fingerprint density at radius 3 is 2.24 bits per heavy atom. The second-order valence-corrected chi connectivity index (χ2v) is 6.53. The first-order chi connectivity index (χ1) is 11.7. The number of likely N-dealkylation sites (N-methyl/N-ethyl adjacent to an activating group) is 1. The van der Waals surface area contributed by atoms with Crippen LogP contribution in [0.4, 0.5) is 0 Å². The number of amides is 3. The van der Waals surface area contributed by atoms with Gasteiger partial charge in [-0.2, -0.15) is 0 Å². The molecule has 0 saturated carbocycles. The van der Waals surface area contributed by atoms with E-state index in [1.54, 1.807) is 14.1 Å². The second kappa shape index (κ2) is 9.78. The number of nitrogens with two attached hydrogens (primary N) is 1. The first-order valence-electron chi connectivity index (χ1n) is 8.30. The van der Waals surface area contributed by atoms with E-state index < -0.39 is 18.0 Å². The first kappa shape index (κ1) is 20.6. The molecule has 0 aliphatic carbocycles. The van der Waals surface area contributed by atoms with E-state index in [1.807, 2.05) is 44.2 Å². The standard InChI is InChI=1S/C18H28N4O3/c1-12(2)16(19)17(24)20-11-15(23)21-14(18(25)22(3)4)10-13-8-6-5-7-9-13/h5-9,12,14,16H,10-11,19H2,1-4H3,(H,20,24)(H,21,23)/t14?,16-/m0/s1. The maximum atomic E-state index is 12.3. The number of carbonyl (C=O) groups excluding carboxylic acids is 3. The normalized spacial score (nSPS) is 13.0. The molecule has 4 N–H and O–H groups in total. The molecular formula is C18H28N4O3. The lowest BCUT2D eigenvalue weighted by molar-refractivity contribution is -0.134. The molecule has 0 aromatic heterocycles. The minimum Gasteiger partial charge on any atom is -0.347 e. The largest absolute Gasteiger partial charge is 0.347 e. The number of nitrogens with zero attached hydrogens (tertiary/aromatic N) is 1. The highest BCUT2D eigenvalue weighted by atomic mass is 16.2. The van der Waals surface area contributed by atoms with Crippen molar-refractivity contribution < 1.29 is 14.4 Å². The molecule has 7 nitrogen and oxygen atoms in total. The molecule has 2 atom stereocenters. The van der Waals surface area contributed by atoms with Gasteiger partial charge >= 0.3 is 0 Å². The number of hydrogen-bond donors (Lipinski definition) is 3. The van der Waals surface area contributed by atoms with Crippen molar-refractivity contribution in [1.82, 2.24) is 15.5 Å². The highest BCUT2D eigenvalue weighted by molar-refractivity contribution is 5.91. The Balaban J connectivity index is 2.66. The summed E-state index contributed by atoms with van der Waals surface area (Å²) in [4.78, 5) is 37.7. The molecular weight excluding hydrogens is 320 g/mol. The van der Waals surface area contributed by atoms with Gasteiger partial charge in [0.25, 0.3) is 0 Å². The van der Waals surface area contributed by atoms with Crippen LogP contribution in [0.3, 0.4) is 0 Å². The lowest BCUT2D eigenvalue weighted by Crippen LogP contribution is -2.52. The molecule has 3 amide bonds. The molecule has 1 aromatic carbocycles. The molecule has 0 aliphatic rings. The highest BCUT2D eigenvalue weighted by Gasteiger charge is 2.23. The summed E-state index contributed by atoms with van der Waals surface area (Å²) in [5.74, 6) is -1.05. The maximum absolute atomic E-state index is 12.3. The van der Waals surface area contributed by atoms with E-state index in [0.717, 1.165) is 5.56 Å². The summed E-state index contributed by atoms with van der Waals surface area (Å²) in [6.07, 6.45) is 0.378. The van der Waals surface area contributed by atoms with Crippen LogP contribution in [0.5, 0.6) is 0 Å². The van der Waals surface area contributed by atoms with Crippen LogP contribution in [0, 0.1) is 5.92 Å². The summed E-state index contributed by atoms with van der Waals surface area (Å²) < 4.78 is 0. The monoisotopic (exact) mass is 348 g/mol. The third-order valence-corrected chi connectivity index (χ3v) is 3.80. The molecule has 1 aromatic rings. The smallest absolute Gasteiger partial charge is 0.244 e. The van der Waals surface area contributed by atoms with Gasteiger partial charge in [-0.05, 0) is 11.5 Å². The third kappa shape index (κ3) is 6.93. The van der Waals surface area contributed by atoms with Crippen molar-refractivity contribution in [2.24, 2.45) is 11.7 Å². The van der Waals surface area contributed by atoms with Gasteiger partial charge < -0.3 is 21.3 Å². The Hall–Kier alpha value is -2.41. The van der Waals surface area contributed by atoms with E-state index in [9.17, 15) is 14.4 Å². The zero-order chi connectivity index (χ0) is 19.0. The van der Waals surface area contributed by atoms with Crippen LogP contribution >= 0.6 is 0 Å². The number of carbonyl (C=O) groups is 3. The lowest BCUT2D eigenvalue weighted by Gasteiger charge is -2.22. The Labute approximate surface area is 148 Å². The van der Waals surface area contributed by atoms with Crippen molar-refractivity contribution in [1.29, 1.82) is 0 Å². The number of rotatable bonds is 8. The molecule has 0 radical (unpaired) electrons. The van der Waals surface area contributed by atoms with Gasteiger partial charge in [0.05, 0.1) is 12.6 Å². The summed E-state index contributed by atoms with van der Waals surface area (Å²) in [6.45, 7) is 3.44.